The van der Waals surface area contributed by atoms with Gasteiger partial charge in [-0.1, -0.05) is 6.07 Å². The van der Waals surface area contributed by atoms with E-state index < -0.39 is 0 Å². The number of amides is 1. The number of nitrogens with one attached hydrogen (secondary N) is 2. The Balaban J connectivity index is 1.73. The van der Waals surface area contributed by atoms with Gasteiger partial charge >= 0.3 is 0 Å². The molecule has 1 aliphatic rings. The molecule has 0 saturated carbocycles. The van der Waals surface area contributed by atoms with Crippen molar-refractivity contribution in [3.05, 3.63) is 42.4 Å². The lowest BCUT2D eigenvalue weighted by Crippen LogP contribution is -2.42. The largest absolute Gasteiger partial charge is 0.348 e. The molecule has 2 N–H and O–H groups in total. The van der Waals surface area contributed by atoms with Gasteiger partial charge in [0.2, 0.25) is 0 Å². The smallest absolute Gasteiger partial charge is 0.270 e. The number of hydrogen-bond donors (Lipinski definition) is 2. The maximum Gasteiger partial charge on any atom is 0.270 e. The number of piperidine rings is 1. The van der Waals surface area contributed by atoms with Crippen LogP contribution in [0.5, 0.6) is 0 Å². The molecule has 0 radical (unpaired) electrons. The Morgan fingerprint density at radius 1 is 1.30 bits per heavy atom. The van der Waals surface area contributed by atoms with Crippen LogP contribution in [-0.2, 0) is 0 Å². The summed E-state index contributed by atoms with van der Waals surface area (Å²) in [5.74, 6) is 0.527. The van der Waals surface area contributed by atoms with Crippen molar-refractivity contribution in [2.45, 2.75) is 18.9 Å². The standard InChI is InChI=1S/C14H17N5O/c20-14(17-11-5-8-15-9-6-11)12-3-1-4-13(18-12)19-10-2-7-16-19/h1-4,7,10-11,15H,5-6,8-9H2,(H,17,20). The fourth-order valence-corrected chi connectivity index (χ4v) is 2.31. The SMILES string of the molecule is O=C(NC1CCNCC1)c1cccc(-n2cccn2)n1. The molecular weight excluding hydrogens is 254 g/mol. The second-order valence-corrected chi connectivity index (χ2v) is 4.83. The van der Waals surface area contributed by atoms with Crippen LogP contribution in [0.1, 0.15) is 23.3 Å². The molecule has 0 aliphatic carbocycles. The van der Waals surface area contributed by atoms with E-state index in [9.17, 15) is 4.79 Å². The molecule has 0 atom stereocenters. The zero-order valence-corrected chi connectivity index (χ0v) is 11.1. The van der Waals surface area contributed by atoms with E-state index in [1.165, 1.54) is 0 Å². The molecule has 6 heteroatoms. The van der Waals surface area contributed by atoms with Crippen molar-refractivity contribution < 1.29 is 4.79 Å². The third kappa shape index (κ3) is 2.85. The average Bonchev–Trinajstić information content (AvgIpc) is 3.03. The van der Waals surface area contributed by atoms with Crippen LogP contribution >= 0.6 is 0 Å². The minimum atomic E-state index is -0.120. The number of rotatable bonds is 3. The van der Waals surface area contributed by atoms with Gasteiger partial charge in [0, 0.05) is 18.4 Å². The number of pyridine rings is 1. The Kier molecular flexibility index (Phi) is 3.73. The molecule has 20 heavy (non-hydrogen) atoms. The molecule has 0 spiro atoms. The van der Waals surface area contributed by atoms with Gasteiger partial charge in [-0.2, -0.15) is 5.10 Å². The van der Waals surface area contributed by atoms with Gasteiger partial charge in [0.25, 0.3) is 5.91 Å². The monoisotopic (exact) mass is 271 g/mol. The Morgan fingerprint density at radius 2 is 2.15 bits per heavy atom. The summed E-state index contributed by atoms with van der Waals surface area (Å²) in [5.41, 5.74) is 0.427. The lowest BCUT2D eigenvalue weighted by Gasteiger charge is -2.23. The Bertz CT molecular complexity index is 575. The minimum Gasteiger partial charge on any atom is -0.348 e. The number of hydrogen-bond acceptors (Lipinski definition) is 4. The maximum atomic E-state index is 12.2. The van der Waals surface area contributed by atoms with Gasteiger partial charge in [-0.05, 0) is 44.1 Å². The second kappa shape index (κ2) is 5.83. The highest BCUT2D eigenvalue weighted by molar-refractivity contribution is 5.92. The van der Waals surface area contributed by atoms with Crippen LogP contribution in [-0.4, -0.2) is 39.8 Å². The first-order valence-electron chi connectivity index (χ1n) is 6.81. The van der Waals surface area contributed by atoms with Crippen molar-refractivity contribution in [2.24, 2.45) is 0 Å². The summed E-state index contributed by atoms with van der Waals surface area (Å²) in [5, 5.41) is 10.4. The predicted molar refractivity (Wildman–Crippen MR) is 74.7 cm³/mol. The van der Waals surface area contributed by atoms with E-state index in [-0.39, 0.29) is 11.9 Å². The van der Waals surface area contributed by atoms with Gasteiger partial charge in [-0.15, -0.1) is 0 Å². The molecule has 0 unspecified atom stereocenters. The molecule has 3 heterocycles. The first kappa shape index (κ1) is 12.8. The van der Waals surface area contributed by atoms with Crippen LogP contribution in [0.4, 0.5) is 0 Å². The Morgan fingerprint density at radius 3 is 2.90 bits per heavy atom. The molecule has 3 rings (SSSR count). The first-order chi connectivity index (χ1) is 9.83. The normalized spacial score (nSPS) is 16.0. The summed E-state index contributed by atoms with van der Waals surface area (Å²) in [6.07, 6.45) is 5.41. The molecule has 1 fully saturated rings. The first-order valence-corrected chi connectivity index (χ1v) is 6.81. The zero-order chi connectivity index (χ0) is 13.8. The highest BCUT2D eigenvalue weighted by Gasteiger charge is 2.17. The topological polar surface area (TPSA) is 71.8 Å². The summed E-state index contributed by atoms with van der Waals surface area (Å²) in [6, 6.07) is 7.43. The van der Waals surface area contributed by atoms with E-state index in [4.69, 9.17) is 0 Å². The maximum absolute atomic E-state index is 12.2. The zero-order valence-electron chi connectivity index (χ0n) is 11.1. The molecule has 6 nitrogen and oxygen atoms in total. The van der Waals surface area contributed by atoms with Crippen molar-refractivity contribution in [2.75, 3.05) is 13.1 Å². The number of carbonyl (C=O) groups excluding carboxylic acids is 1. The van der Waals surface area contributed by atoms with E-state index in [1.54, 1.807) is 23.1 Å². The molecule has 1 amide bonds. The van der Waals surface area contributed by atoms with Crippen molar-refractivity contribution >= 4 is 5.91 Å². The minimum absolute atomic E-state index is 0.120. The van der Waals surface area contributed by atoms with Gasteiger partial charge in [0.1, 0.15) is 5.69 Å². The Hall–Kier alpha value is -2.21. The van der Waals surface area contributed by atoms with E-state index in [0.29, 0.717) is 11.5 Å². The third-order valence-corrected chi connectivity index (χ3v) is 3.38. The Labute approximate surface area is 117 Å². The van der Waals surface area contributed by atoms with Gasteiger partial charge in [0.15, 0.2) is 5.82 Å². The quantitative estimate of drug-likeness (QED) is 0.864. The van der Waals surface area contributed by atoms with Gasteiger partial charge in [-0.25, -0.2) is 9.67 Å². The highest BCUT2D eigenvalue weighted by Crippen LogP contribution is 2.07. The summed E-state index contributed by atoms with van der Waals surface area (Å²) >= 11 is 0. The fourth-order valence-electron chi connectivity index (χ4n) is 2.31. The molecule has 1 saturated heterocycles. The third-order valence-electron chi connectivity index (χ3n) is 3.38. The molecule has 1 aliphatic heterocycles. The number of nitrogens with zero attached hydrogens (tertiary/aromatic N) is 3. The lowest BCUT2D eigenvalue weighted by atomic mass is 10.1. The summed E-state index contributed by atoms with van der Waals surface area (Å²) in [4.78, 5) is 16.6. The van der Waals surface area contributed by atoms with Crippen LogP contribution in [0.3, 0.4) is 0 Å². The molecular formula is C14H17N5O. The summed E-state index contributed by atoms with van der Waals surface area (Å²) in [7, 11) is 0. The molecule has 2 aromatic heterocycles. The van der Waals surface area contributed by atoms with Crippen LogP contribution < -0.4 is 10.6 Å². The number of aromatic nitrogens is 3. The van der Waals surface area contributed by atoms with Crippen LogP contribution in [0.15, 0.2) is 36.7 Å². The van der Waals surface area contributed by atoms with Gasteiger partial charge in [0.05, 0.1) is 0 Å². The van der Waals surface area contributed by atoms with E-state index in [0.717, 1.165) is 25.9 Å². The van der Waals surface area contributed by atoms with Crippen molar-refractivity contribution in [1.82, 2.24) is 25.4 Å². The fraction of sp³-hybridized carbons (Fsp3) is 0.357. The molecule has 0 aromatic carbocycles. The molecule has 2 aromatic rings. The van der Waals surface area contributed by atoms with E-state index in [2.05, 4.69) is 20.7 Å². The molecule has 0 bridgehead atoms. The predicted octanol–water partition coefficient (Wildman–Crippen LogP) is 0.749. The van der Waals surface area contributed by atoms with Gasteiger partial charge in [-0.3, -0.25) is 4.79 Å². The van der Waals surface area contributed by atoms with Crippen molar-refractivity contribution in [1.29, 1.82) is 0 Å². The van der Waals surface area contributed by atoms with Crippen LogP contribution in [0.2, 0.25) is 0 Å². The second-order valence-electron chi connectivity index (χ2n) is 4.83. The van der Waals surface area contributed by atoms with Gasteiger partial charge < -0.3 is 10.6 Å². The van der Waals surface area contributed by atoms with Crippen LogP contribution in [0, 0.1) is 0 Å². The average molecular weight is 271 g/mol. The summed E-state index contributed by atoms with van der Waals surface area (Å²) in [6.45, 7) is 1.90. The van der Waals surface area contributed by atoms with Crippen molar-refractivity contribution in [3.8, 4) is 5.82 Å². The highest BCUT2D eigenvalue weighted by atomic mass is 16.1. The molecule has 104 valence electrons. The van der Waals surface area contributed by atoms with Crippen LogP contribution in [0.25, 0.3) is 5.82 Å². The van der Waals surface area contributed by atoms with Crippen molar-refractivity contribution in [3.63, 3.8) is 0 Å². The summed E-state index contributed by atoms with van der Waals surface area (Å²) < 4.78 is 1.64. The van der Waals surface area contributed by atoms with E-state index >= 15 is 0 Å². The van der Waals surface area contributed by atoms with E-state index in [1.807, 2.05) is 18.2 Å². The number of carbonyl (C=O) groups is 1. The lowest BCUT2D eigenvalue weighted by molar-refractivity contribution is 0.0924.